The van der Waals surface area contributed by atoms with E-state index < -0.39 is 0 Å². The van der Waals surface area contributed by atoms with Crippen LogP contribution in [-0.4, -0.2) is 44.1 Å². The fourth-order valence-electron chi connectivity index (χ4n) is 2.71. The molecule has 0 amide bonds. The van der Waals surface area contributed by atoms with Gasteiger partial charge in [0.05, 0.1) is 12.6 Å². The zero-order chi connectivity index (χ0) is 16.7. The molecule has 4 nitrogen and oxygen atoms in total. The number of hydrogen-bond donors (Lipinski definition) is 2. The molecule has 0 saturated carbocycles. The molecule has 5 heteroatoms. The minimum absolute atomic E-state index is 0.0443. The van der Waals surface area contributed by atoms with Crippen molar-refractivity contribution in [1.82, 2.24) is 15.5 Å². The summed E-state index contributed by atoms with van der Waals surface area (Å²) in [5.74, 6) is 0.616. The lowest BCUT2D eigenvalue weighted by atomic mass is 10.1. The van der Waals surface area contributed by atoms with Gasteiger partial charge < -0.3 is 15.5 Å². The Hall–Kier alpha value is -1.88. The SMILES string of the molecule is CCNC(=NCC(c1cccc(F)c1)N(C)C)NC1CC=CC1. The van der Waals surface area contributed by atoms with Crippen LogP contribution in [0.5, 0.6) is 0 Å². The summed E-state index contributed by atoms with van der Waals surface area (Å²) in [6.45, 7) is 3.45. The lowest BCUT2D eigenvalue weighted by molar-refractivity contribution is 0.305. The van der Waals surface area contributed by atoms with Crippen molar-refractivity contribution in [3.63, 3.8) is 0 Å². The van der Waals surface area contributed by atoms with Gasteiger partial charge in [0.25, 0.3) is 0 Å². The van der Waals surface area contributed by atoms with Crippen molar-refractivity contribution in [2.24, 2.45) is 4.99 Å². The molecule has 0 aromatic heterocycles. The number of benzene rings is 1. The fourth-order valence-corrected chi connectivity index (χ4v) is 2.71. The molecule has 126 valence electrons. The second-order valence-corrected chi connectivity index (χ2v) is 6.04. The molecule has 1 aliphatic carbocycles. The van der Waals surface area contributed by atoms with Crippen LogP contribution < -0.4 is 10.6 Å². The van der Waals surface area contributed by atoms with Crippen molar-refractivity contribution in [3.05, 3.63) is 47.8 Å². The highest BCUT2D eigenvalue weighted by Crippen LogP contribution is 2.19. The van der Waals surface area contributed by atoms with E-state index in [2.05, 4.69) is 34.6 Å². The summed E-state index contributed by atoms with van der Waals surface area (Å²) in [5, 5.41) is 6.74. The van der Waals surface area contributed by atoms with Gasteiger partial charge >= 0.3 is 0 Å². The molecule has 2 rings (SSSR count). The first-order valence-electron chi connectivity index (χ1n) is 8.22. The summed E-state index contributed by atoms with van der Waals surface area (Å²) in [4.78, 5) is 6.78. The normalized spacial score (nSPS) is 16.8. The highest BCUT2D eigenvalue weighted by molar-refractivity contribution is 5.80. The second kappa shape index (κ2) is 8.67. The van der Waals surface area contributed by atoms with Gasteiger partial charge in [-0.1, -0.05) is 24.3 Å². The fraction of sp³-hybridized carbons (Fsp3) is 0.500. The van der Waals surface area contributed by atoms with Gasteiger partial charge in [-0.05, 0) is 51.6 Å². The Labute approximate surface area is 138 Å². The summed E-state index contributed by atoms with van der Waals surface area (Å²) >= 11 is 0. The summed E-state index contributed by atoms with van der Waals surface area (Å²) in [6, 6.07) is 7.21. The summed E-state index contributed by atoms with van der Waals surface area (Å²) < 4.78 is 13.5. The first-order chi connectivity index (χ1) is 11.1. The van der Waals surface area contributed by atoms with Crippen LogP contribution in [0.4, 0.5) is 4.39 Å². The lowest BCUT2D eigenvalue weighted by Gasteiger charge is -2.24. The van der Waals surface area contributed by atoms with Crippen molar-refractivity contribution in [2.45, 2.75) is 31.8 Å². The third-order valence-corrected chi connectivity index (χ3v) is 3.97. The maximum Gasteiger partial charge on any atom is 0.191 e. The summed E-state index contributed by atoms with van der Waals surface area (Å²) in [7, 11) is 3.98. The molecule has 1 aromatic rings. The number of rotatable bonds is 6. The van der Waals surface area contributed by atoms with E-state index in [1.54, 1.807) is 12.1 Å². The van der Waals surface area contributed by atoms with Crippen LogP contribution in [0.3, 0.4) is 0 Å². The molecule has 1 aliphatic rings. The van der Waals surface area contributed by atoms with E-state index in [9.17, 15) is 4.39 Å². The average molecular weight is 318 g/mol. The lowest BCUT2D eigenvalue weighted by Crippen LogP contribution is -2.43. The van der Waals surface area contributed by atoms with Crippen LogP contribution in [-0.2, 0) is 0 Å². The molecule has 0 aliphatic heterocycles. The van der Waals surface area contributed by atoms with Gasteiger partial charge in [-0.25, -0.2) is 4.39 Å². The van der Waals surface area contributed by atoms with Gasteiger partial charge in [-0.15, -0.1) is 0 Å². The van der Waals surface area contributed by atoms with E-state index in [4.69, 9.17) is 4.99 Å². The molecular formula is C18H27FN4. The quantitative estimate of drug-likeness (QED) is 0.481. The van der Waals surface area contributed by atoms with Crippen molar-refractivity contribution in [1.29, 1.82) is 0 Å². The molecule has 0 radical (unpaired) electrons. The Morgan fingerprint density at radius 2 is 2.09 bits per heavy atom. The largest absolute Gasteiger partial charge is 0.357 e. The summed E-state index contributed by atoms with van der Waals surface area (Å²) in [5.41, 5.74) is 0.942. The Bertz CT molecular complexity index is 546. The van der Waals surface area contributed by atoms with Crippen molar-refractivity contribution in [3.8, 4) is 0 Å². The molecule has 0 fully saturated rings. The summed E-state index contributed by atoms with van der Waals surface area (Å²) in [6.07, 6.45) is 6.45. The van der Waals surface area contributed by atoms with E-state index in [1.165, 1.54) is 6.07 Å². The van der Waals surface area contributed by atoms with Crippen LogP contribution in [0.1, 0.15) is 31.4 Å². The van der Waals surface area contributed by atoms with E-state index in [-0.39, 0.29) is 11.9 Å². The maximum absolute atomic E-state index is 13.5. The molecule has 2 N–H and O–H groups in total. The predicted molar refractivity (Wildman–Crippen MR) is 94.1 cm³/mol. The van der Waals surface area contributed by atoms with Crippen LogP contribution >= 0.6 is 0 Å². The number of likely N-dealkylation sites (N-methyl/N-ethyl adjacent to an activating group) is 1. The minimum atomic E-state index is -0.208. The maximum atomic E-state index is 13.5. The number of guanidine groups is 1. The number of hydrogen-bond acceptors (Lipinski definition) is 2. The zero-order valence-electron chi connectivity index (χ0n) is 14.2. The van der Waals surface area contributed by atoms with E-state index in [0.717, 1.165) is 30.9 Å². The Morgan fingerprint density at radius 3 is 2.70 bits per heavy atom. The molecule has 0 spiro atoms. The molecule has 0 bridgehead atoms. The standard InChI is InChI=1S/C18H27FN4/c1-4-20-18(22-16-10-5-6-11-16)21-13-17(23(2)3)14-8-7-9-15(19)12-14/h5-9,12,16-17H,4,10-11,13H2,1-3H3,(H2,20,21,22). The first-order valence-corrected chi connectivity index (χ1v) is 8.22. The minimum Gasteiger partial charge on any atom is -0.357 e. The van der Waals surface area contributed by atoms with E-state index >= 15 is 0 Å². The molecule has 23 heavy (non-hydrogen) atoms. The number of halogens is 1. The predicted octanol–water partition coefficient (Wildman–Crippen LogP) is 2.70. The highest BCUT2D eigenvalue weighted by Gasteiger charge is 2.16. The van der Waals surface area contributed by atoms with Crippen molar-refractivity contribution < 1.29 is 4.39 Å². The second-order valence-electron chi connectivity index (χ2n) is 6.04. The molecular weight excluding hydrogens is 291 g/mol. The Kier molecular flexibility index (Phi) is 6.59. The first kappa shape index (κ1) is 17.5. The van der Waals surface area contributed by atoms with Gasteiger partial charge in [0.1, 0.15) is 5.82 Å². The topological polar surface area (TPSA) is 39.7 Å². The van der Waals surface area contributed by atoms with Crippen LogP contribution in [0, 0.1) is 5.82 Å². The van der Waals surface area contributed by atoms with Gasteiger partial charge in [-0.2, -0.15) is 0 Å². The van der Waals surface area contributed by atoms with Crippen LogP contribution in [0.15, 0.2) is 41.4 Å². The third-order valence-electron chi connectivity index (χ3n) is 3.97. The van der Waals surface area contributed by atoms with Crippen molar-refractivity contribution in [2.75, 3.05) is 27.2 Å². The Morgan fingerprint density at radius 1 is 1.35 bits per heavy atom. The van der Waals surface area contributed by atoms with Gasteiger partial charge in [-0.3, -0.25) is 4.99 Å². The van der Waals surface area contributed by atoms with Gasteiger partial charge in [0.2, 0.25) is 0 Å². The molecule has 1 atom stereocenters. The van der Waals surface area contributed by atoms with E-state index in [1.807, 2.05) is 20.2 Å². The molecule has 1 unspecified atom stereocenters. The van der Waals surface area contributed by atoms with E-state index in [0.29, 0.717) is 12.6 Å². The number of nitrogens with zero attached hydrogens (tertiary/aromatic N) is 2. The van der Waals surface area contributed by atoms with Gasteiger partial charge in [0.15, 0.2) is 5.96 Å². The van der Waals surface area contributed by atoms with Crippen LogP contribution in [0.25, 0.3) is 0 Å². The van der Waals surface area contributed by atoms with Crippen LogP contribution in [0.2, 0.25) is 0 Å². The average Bonchev–Trinajstić information content (AvgIpc) is 3.00. The third kappa shape index (κ3) is 5.36. The number of aliphatic imine (C=N–C) groups is 1. The monoisotopic (exact) mass is 318 g/mol. The molecule has 0 heterocycles. The zero-order valence-corrected chi connectivity index (χ0v) is 14.2. The van der Waals surface area contributed by atoms with Gasteiger partial charge in [0, 0.05) is 12.6 Å². The highest BCUT2D eigenvalue weighted by atomic mass is 19.1. The van der Waals surface area contributed by atoms with Crippen molar-refractivity contribution >= 4 is 5.96 Å². The number of nitrogens with one attached hydrogen (secondary N) is 2. The smallest absolute Gasteiger partial charge is 0.191 e. The molecule has 0 saturated heterocycles. The Balaban J connectivity index is 2.06. The molecule has 1 aromatic carbocycles.